The van der Waals surface area contributed by atoms with Crippen LogP contribution in [0.3, 0.4) is 0 Å². The third kappa shape index (κ3) is 4.42. The maximum Gasteiger partial charge on any atom is 0.404 e. The van der Waals surface area contributed by atoms with Crippen LogP contribution in [0.15, 0.2) is 45.1 Å². The van der Waals surface area contributed by atoms with Crippen molar-refractivity contribution in [2.75, 3.05) is 53.6 Å². The number of hydrogen-bond acceptors (Lipinski definition) is 17. The first kappa shape index (κ1) is 34.3. The molecule has 0 aromatic rings. The maximum atomic E-state index is 14.1. The molecule has 0 spiro atoms. The minimum Gasteiger partial charge on any atom is -0.449 e. The Balaban J connectivity index is 0.977. The number of hydrogen-bond donors (Lipinski definition) is 7. The van der Waals surface area contributed by atoms with Gasteiger partial charge in [0.1, 0.15) is 13.2 Å². The third-order valence-electron chi connectivity index (χ3n) is 11.9. The SMILES string of the molecule is CO[C@@]12[C@H](COC(N)=O)C3=C(C(=O)C(C)=C(NCC(O)CNC4=C(C)C(=O)C5=C(C4=O)[C@@H](COC(N)=O)[C@@]4(OC)[C@H]6N[C@H]6CN54)C3=O)N1C[C@@H]1N[C@@H]12. The van der Waals surface area contributed by atoms with Gasteiger partial charge in [0, 0.05) is 74.8 Å². The van der Waals surface area contributed by atoms with E-state index in [0.717, 1.165) is 0 Å². The van der Waals surface area contributed by atoms with Crippen molar-refractivity contribution in [1.29, 1.82) is 0 Å². The number of allylic oxidation sites excluding steroid dienone is 4. The summed E-state index contributed by atoms with van der Waals surface area (Å²) >= 11 is 0. The molecule has 0 aromatic heterocycles. The summed E-state index contributed by atoms with van der Waals surface area (Å²) in [5, 5.41) is 23.5. The number of ketones is 4. The quantitative estimate of drug-likeness (QED) is 0.0754. The number of nitrogens with one attached hydrogen (secondary N) is 4. The Morgan fingerprint density at radius 1 is 0.769 bits per heavy atom. The van der Waals surface area contributed by atoms with Gasteiger partial charge in [0.15, 0.2) is 11.4 Å². The Morgan fingerprint density at radius 2 is 1.15 bits per heavy atom. The average molecular weight is 725 g/mol. The van der Waals surface area contributed by atoms with Crippen LogP contribution in [-0.4, -0.2) is 146 Å². The molecule has 278 valence electrons. The van der Waals surface area contributed by atoms with Crippen molar-refractivity contribution in [2.24, 2.45) is 23.3 Å². The predicted octanol–water partition coefficient (Wildman–Crippen LogP) is -3.67. The van der Waals surface area contributed by atoms with Crippen molar-refractivity contribution in [3.05, 3.63) is 45.1 Å². The summed E-state index contributed by atoms with van der Waals surface area (Å²) in [6.07, 6.45) is -3.29. The van der Waals surface area contributed by atoms with Crippen LogP contribution in [0.2, 0.25) is 0 Å². The molecule has 6 aliphatic heterocycles. The Kier molecular flexibility index (Phi) is 7.64. The van der Waals surface area contributed by atoms with Crippen LogP contribution in [0.25, 0.3) is 0 Å². The van der Waals surface area contributed by atoms with Gasteiger partial charge in [-0.3, -0.25) is 19.2 Å². The van der Waals surface area contributed by atoms with E-state index in [1.165, 1.54) is 28.1 Å². The number of primary amides is 2. The molecule has 9 N–H and O–H groups in total. The molecule has 8 aliphatic rings. The van der Waals surface area contributed by atoms with E-state index < -0.39 is 64.7 Å². The van der Waals surface area contributed by atoms with Gasteiger partial charge in [-0.15, -0.1) is 0 Å². The highest BCUT2D eigenvalue weighted by Gasteiger charge is 2.74. The van der Waals surface area contributed by atoms with E-state index in [9.17, 15) is 33.9 Å². The number of rotatable bonds is 12. The summed E-state index contributed by atoms with van der Waals surface area (Å²) < 4.78 is 22.3. The van der Waals surface area contributed by atoms with E-state index in [-0.39, 0.29) is 95.6 Å². The van der Waals surface area contributed by atoms with Crippen molar-refractivity contribution in [1.82, 2.24) is 31.1 Å². The van der Waals surface area contributed by atoms with E-state index in [4.69, 9.17) is 30.4 Å². The second-order valence-electron chi connectivity index (χ2n) is 14.3. The van der Waals surface area contributed by atoms with Crippen molar-refractivity contribution < 1.29 is 52.8 Å². The van der Waals surface area contributed by atoms with E-state index in [1.54, 1.807) is 9.80 Å². The summed E-state index contributed by atoms with van der Waals surface area (Å²) in [5.74, 6) is -3.49. The van der Waals surface area contributed by atoms with Gasteiger partial charge in [0.25, 0.3) is 0 Å². The van der Waals surface area contributed by atoms with Crippen molar-refractivity contribution in [3.8, 4) is 0 Å². The zero-order valence-corrected chi connectivity index (χ0v) is 28.9. The second-order valence-corrected chi connectivity index (χ2v) is 14.3. The zero-order chi connectivity index (χ0) is 37.2. The fourth-order valence-corrected chi connectivity index (χ4v) is 9.52. The molecule has 0 saturated carbocycles. The summed E-state index contributed by atoms with van der Waals surface area (Å²) in [5.41, 5.74) is 9.11. The lowest BCUT2D eigenvalue weighted by Gasteiger charge is -2.39. The predicted molar refractivity (Wildman–Crippen MR) is 174 cm³/mol. The lowest BCUT2D eigenvalue weighted by molar-refractivity contribution is -0.137. The lowest BCUT2D eigenvalue weighted by Crippen LogP contribution is -2.55. The second kappa shape index (κ2) is 11.6. The van der Waals surface area contributed by atoms with E-state index in [1.807, 2.05) is 0 Å². The van der Waals surface area contributed by atoms with Crippen molar-refractivity contribution in [3.63, 3.8) is 0 Å². The number of carbonyl (C=O) groups excluding carboxylic acids is 6. The van der Waals surface area contributed by atoms with Crippen LogP contribution in [0.5, 0.6) is 0 Å². The van der Waals surface area contributed by atoms with Gasteiger partial charge in [-0.1, -0.05) is 0 Å². The van der Waals surface area contributed by atoms with Crippen LogP contribution in [0, 0.1) is 11.8 Å². The van der Waals surface area contributed by atoms with Gasteiger partial charge >= 0.3 is 12.2 Å². The number of methoxy groups -OCH3 is 2. The number of nitrogens with zero attached hydrogens (tertiary/aromatic N) is 2. The molecule has 0 unspecified atom stereocenters. The third-order valence-corrected chi connectivity index (χ3v) is 11.9. The average Bonchev–Trinajstić information content (AvgIpc) is 3.94. The molecule has 4 saturated heterocycles. The number of aliphatic hydroxyl groups excluding tert-OH is 1. The number of nitrogens with two attached hydrogens (primary N) is 2. The van der Waals surface area contributed by atoms with Crippen LogP contribution >= 0.6 is 0 Å². The number of Topliss-reactive ketones (excluding diaryl/α,β-unsaturated/α-hetero) is 4. The van der Waals surface area contributed by atoms with Crippen LogP contribution in [-0.2, 0) is 38.1 Å². The molecule has 0 radical (unpaired) electrons. The highest BCUT2D eigenvalue weighted by atomic mass is 16.6. The Morgan fingerprint density at radius 3 is 1.50 bits per heavy atom. The summed E-state index contributed by atoms with van der Waals surface area (Å²) in [6, 6.07) is -0.335. The highest BCUT2D eigenvalue weighted by molar-refractivity contribution is 6.26. The molecule has 52 heavy (non-hydrogen) atoms. The molecule has 2 aliphatic carbocycles. The Labute approximate surface area is 296 Å². The van der Waals surface area contributed by atoms with Gasteiger partial charge in [-0.05, 0) is 13.8 Å². The topological polar surface area (TPSA) is 286 Å². The first-order valence-corrected chi connectivity index (χ1v) is 17.0. The van der Waals surface area contributed by atoms with Gasteiger partial charge < -0.3 is 66.6 Å². The summed E-state index contributed by atoms with van der Waals surface area (Å²) in [7, 11) is 2.95. The van der Waals surface area contributed by atoms with Crippen molar-refractivity contribution in [2.45, 2.75) is 55.6 Å². The van der Waals surface area contributed by atoms with Crippen LogP contribution in [0.4, 0.5) is 9.59 Å². The van der Waals surface area contributed by atoms with E-state index >= 15 is 0 Å². The molecular formula is C33H40N8O11. The molecule has 8 atom stereocenters. The Hall–Kier alpha value is -4.82. The molecular weight excluding hydrogens is 684 g/mol. The normalized spacial score (nSPS) is 35.2. The van der Waals surface area contributed by atoms with E-state index in [2.05, 4.69) is 21.3 Å². The van der Waals surface area contributed by atoms with Crippen LogP contribution in [0.1, 0.15) is 13.8 Å². The van der Waals surface area contributed by atoms with Crippen molar-refractivity contribution >= 4 is 35.3 Å². The molecule has 19 nitrogen and oxygen atoms in total. The van der Waals surface area contributed by atoms with Gasteiger partial charge in [0.2, 0.25) is 23.1 Å². The van der Waals surface area contributed by atoms with Gasteiger partial charge in [-0.25, -0.2) is 9.59 Å². The minimum absolute atomic E-state index is 0.0330. The van der Waals surface area contributed by atoms with E-state index in [0.29, 0.717) is 13.1 Å². The molecule has 4 fully saturated rings. The first-order chi connectivity index (χ1) is 24.7. The van der Waals surface area contributed by atoms with Crippen LogP contribution < -0.4 is 32.7 Å². The molecule has 0 bridgehead atoms. The van der Waals surface area contributed by atoms with Gasteiger partial charge in [-0.2, -0.15) is 0 Å². The fourth-order valence-electron chi connectivity index (χ4n) is 9.52. The number of fused-ring (bicyclic) bond motifs is 8. The monoisotopic (exact) mass is 724 g/mol. The number of carbonyl (C=O) groups is 6. The fraction of sp³-hybridized carbons (Fsp3) is 0.576. The minimum atomic E-state index is -1.22. The van der Waals surface area contributed by atoms with Gasteiger partial charge in [0.05, 0.1) is 52.8 Å². The first-order valence-electron chi connectivity index (χ1n) is 17.0. The Bertz CT molecular complexity index is 1760. The number of amides is 2. The number of aliphatic hydroxyl groups is 1. The lowest BCUT2D eigenvalue weighted by atomic mass is 9.82. The summed E-state index contributed by atoms with van der Waals surface area (Å²) in [4.78, 5) is 82.6. The number of ether oxygens (including phenoxy) is 4. The zero-order valence-electron chi connectivity index (χ0n) is 28.9. The maximum absolute atomic E-state index is 14.1. The smallest absolute Gasteiger partial charge is 0.404 e. The summed E-state index contributed by atoms with van der Waals surface area (Å²) in [6.45, 7) is 2.83. The number of piperazine rings is 2. The highest BCUT2D eigenvalue weighted by Crippen LogP contribution is 2.57. The largest absolute Gasteiger partial charge is 0.449 e. The molecule has 8 rings (SSSR count). The standard InChI is InChI=1S/C33H40N8O11/c1-11-20(26(45)18-14(9-51-30(34)47)32(49-3)28-16(38-28)7-40(32)22(18)24(11)43)36-5-13(42)6-37-21-12(2)25(44)23-19(27(21)46)15(10-52-31(35)48)33(50-4)29-17(39-29)8-41(23)33/h13-17,28-29,36-39,42H,5-10H2,1-4H3,(H2,34,47)(H2,35,48)/t14-,15-,16+,17+,28+,29+,32-,33-/m1/s1. The molecule has 6 heterocycles. The molecule has 0 aromatic carbocycles. The molecule has 2 amide bonds. The molecule has 19 heteroatoms.